The largest absolute Gasteiger partial charge is 0.481 e. The van der Waals surface area contributed by atoms with Crippen molar-refractivity contribution >= 4 is 11.9 Å². The smallest absolute Gasteiger partial charge is 0.305 e. The van der Waals surface area contributed by atoms with Crippen molar-refractivity contribution in [2.45, 2.75) is 257 Å². The highest BCUT2D eigenvalue weighted by Crippen LogP contribution is 2.17. The van der Waals surface area contributed by atoms with Crippen LogP contribution in [-0.4, -0.2) is 23.7 Å². The Kier molecular flexibility index (Phi) is 41.7. The molecule has 0 amide bonds. The molecule has 0 radical (unpaired) electrons. The topological polar surface area (TPSA) is 63.6 Å². The van der Waals surface area contributed by atoms with Gasteiger partial charge in [0, 0.05) is 12.8 Å². The number of esters is 1. The average Bonchev–Trinajstić information content (AvgIpc) is 3.09. The van der Waals surface area contributed by atoms with E-state index in [4.69, 9.17) is 9.84 Å². The lowest BCUT2D eigenvalue weighted by molar-refractivity contribution is -0.144. The van der Waals surface area contributed by atoms with Gasteiger partial charge in [-0.3, -0.25) is 9.59 Å². The Hall–Kier alpha value is -1.32. The highest BCUT2D eigenvalue weighted by molar-refractivity contribution is 5.69. The first kappa shape index (κ1) is 47.7. The van der Waals surface area contributed by atoms with Crippen molar-refractivity contribution in [3.63, 3.8) is 0 Å². The monoisotopic (exact) mass is 691 g/mol. The number of carbonyl (C=O) groups excluding carboxylic acids is 1. The lowest BCUT2D eigenvalue weighted by Crippen LogP contribution is -2.05. The molecule has 0 heterocycles. The molecule has 0 saturated heterocycles. The highest BCUT2D eigenvalue weighted by atomic mass is 16.5. The molecule has 290 valence electrons. The molecule has 0 aromatic rings. The average molecular weight is 691 g/mol. The number of carboxylic acids is 1. The Morgan fingerprint density at radius 1 is 0.388 bits per heavy atom. The molecule has 1 N–H and O–H groups in total. The Morgan fingerprint density at radius 3 is 1.02 bits per heavy atom. The maximum Gasteiger partial charge on any atom is 0.305 e. The van der Waals surface area contributed by atoms with Crippen molar-refractivity contribution < 1.29 is 19.4 Å². The summed E-state index contributed by atoms with van der Waals surface area (Å²) in [6.45, 7) is 2.86. The predicted octanol–water partition coefficient (Wildman–Crippen LogP) is 15.4. The molecule has 0 atom stereocenters. The second kappa shape index (κ2) is 42.8. The van der Waals surface area contributed by atoms with Crippen LogP contribution in [0.5, 0.6) is 0 Å². The van der Waals surface area contributed by atoms with E-state index < -0.39 is 5.97 Å². The van der Waals surface area contributed by atoms with Crippen LogP contribution in [0.1, 0.15) is 257 Å². The molecule has 0 aromatic carbocycles. The minimum atomic E-state index is -0.654. The second-order valence-electron chi connectivity index (χ2n) is 15.2. The third-order valence-corrected chi connectivity index (χ3v) is 10.2. The summed E-state index contributed by atoms with van der Waals surface area (Å²) in [6, 6.07) is 0. The van der Waals surface area contributed by atoms with Crippen molar-refractivity contribution in [3.8, 4) is 0 Å². The predicted molar refractivity (Wildman–Crippen MR) is 213 cm³/mol. The van der Waals surface area contributed by atoms with Crippen molar-refractivity contribution in [3.05, 3.63) is 12.2 Å². The van der Waals surface area contributed by atoms with Gasteiger partial charge in [-0.25, -0.2) is 0 Å². The minimum absolute atomic E-state index is 0.00961. The molecule has 0 fully saturated rings. The van der Waals surface area contributed by atoms with Crippen LogP contribution in [0.4, 0.5) is 0 Å². The summed E-state index contributed by atoms with van der Waals surface area (Å²) in [5.41, 5.74) is 0. The van der Waals surface area contributed by atoms with Gasteiger partial charge in [0.15, 0.2) is 0 Å². The number of rotatable bonds is 42. The number of hydrogen-bond donors (Lipinski definition) is 1. The van der Waals surface area contributed by atoms with Crippen LogP contribution in [0.25, 0.3) is 0 Å². The fourth-order valence-corrected chi connectivity index (χ4v) is 6.85. The zero-order valence-electron chi connectivity index (χ0n) is 33.1. The minimum Gasteiger partial charge on any atom is -0.481 e. The maximum absolute atomic E-state index is 11.9. The Labute approximate surface area is 306 Å². The summed E-state index contributed by atoms with van der Waals surface area (Å²) in [5, 5.41) is 8.65. The van der Waals surface area contributed by atoms with E-state index in [1.54, 1.807) is 0 Å². The summed E-state index contributed by atoms with van der Waals surface area (Å²) < 4.78 is 5.44. The molecule has 0 unspecified atom stereocenters. The van der Waals surface area contributed by atoms with Gasteiger partial charge in [0.1, 0.15) is 0 Å². The number of hydrogen-bond acceptors (Lipinski definition) is 3. The van der Waals surface area contributed by atoms with E-state index in [0.717, 1.165) is 32.1 Å². The van der Waals surface area contributed by atoms with Gasteiger partial charge in [-0.1, -0.05) is 218 Å². The van der Waals surface area contributed by atoms with Gasteiger partial charge >= 0.3 is 11.9 Å². The molecular weight excluding hydrogens is 604 g/mol. The van der Waals surface area contributed by atoms with Gasteiger partial charge in [0.25, 0.3) is 0 Å². The highest BCUT2D eigenvalue weighted by Gasteiger charge is 2.03. The van der Waals surface area contributed by atoms with E-state index in [9.17, 15) is 9.59 Å². The van der Waals surface area contributed by atoms with Gasteiger partial charge in [0.2, 0.25) is 0 Å². The van der Waals surface area contributed by atoms with E-state index in [-0.39, 0.29) is 5.97 Å². The van der Waals surface area contributed by atoms with Crippen LogP contribution in [-0.2, 0) is 14.3 Å². The van der Waals surface area contributed by atoms with E-state index in [1.807, 2.05) is 0 Å². The normalized spacial score (nSPS) is 11.5. The fraction of sp³-hybridized carbons (Fsp3) is 0.911. The second-order valence-corrected chi connectivity index (χ2v) is 15.2. The molecule has 4 heteroatoms. The van der Waals surface area contributed by atoms with E-state index in [1.165, 1.54) is 205 Å². The van der Waals surface area contributed by atoms with E-state index in [2.05, 4.69) is 19.1 Å². The zero-order valence-corrected chi connectivity index (χ0v) is 33.1. The lowest BCUT2D eigenvalue weighted by Gasteiger charge is -2.06. The van der Waals surface area contributed by atoms with Crippen molar-refractivity contribution in [1.29, 1.82) is 0 Å². The molecule has 4 nitrogen and oxygen atoms in total. The number of ether oxygens (including phenoxy) is 1. The summed E-state index contributed by atoms with van der Waals surface area (Å²) in [4.78, 5) is 22.4. The van der Waals surface area contributed by atoms with Crippen LogP contribution >= 0.6 is 0 Å². The van der Waals surface area contributed by atoms with E-state index >= 15 is 0 Å². The Morgan fingerprint density at radius 2 is 0.673 bits per heavy atom. The molecule has 0 aromatic heterocycles. The molecule has 49 heavy (non-hydrogen) atoms. The van der Waals surface area contributed by atoms with Crippen LogP contribution in [0.15, 0.2) is 12.2 Å². The number of allylic oxidation sites excluding steroid dienone is 2. The molecule has 0 saturated carbocycles. The first-order chi connectivity index (χ1) is 24.2. The standard InChI is InChI=1S/C45H86O4/c1-2-3-4-5-6-7-26-30-33-36-39-42-45(48)49-43-40-37-34-31-28-25-23-21-19-17-15-13-11-9-8-10-12-14-16-18-20-22-24-27-29-32-35-38-41-44(46)47/h5-6H,2-4,7-43H2,1H3,(H,46,47)/b6-5-. The number of aliphatic carboxylic acids is 1. The maximum atomic E-state index is 11.9. The van der Waals surface area contributed by atoms with Crippen molar-refractivity contribution in [2.24, 2.45) is 0 Å². The summed E-state index contributed by atoms with van der Waals surface area (Å²) in [6.07, 6.45) is 54.1. The first-order valence-electron chi connectivity index (χ1n) is 22.2. The van der Waals surface area contributed by atoms with Crippen LogP contribution < -0.4 is 0 Å². The fourth-order valence-electron chi connectivity index (χ4n) is 6.85. The van der Waals surface area contributed by atoms with Crippen LogP contribution in [0.2, 0.25) is 0 Å². The number of carboxylic acid groups (broad SMARTS) is 1. The molecule has 0 aliphatic rings. The van der Waals surface area contributed by atoms with Crippen LogP contribution in [0.3, 0.4) is 0 Å². The van der Waals surface area contributed by atoms with Crippen molar-refractivity contribution in [1.82, 2.24) is 0 Å². The molecule has 0 aliphatic heterocycles. The zero-order chi connectivity index (χ0) is 35.6. The van der Waals surface area contributed by atoms with Gasteiger partial charge < -0.3 is 9.84 Å². The SMILES string of the molecule is CCCC/C=C\CCCCCCCC(=O)OCCCCCCCCCCCCCCCCCCCCCCCCCCCCCCC(=O)O. The summed E-state index contributed by atoms with van der Waals surface area (Å²) in [7, 11) is 0. The first-order valence-corrected chi connectivity index (χ1v) is 22.2. The summed E-state index contributed by atoms with van der Waals surface area (Å²) in [5.74, 6) is -0.644. The van der Waals surface area contributed by atoms with Gasteiger partial charge in [0.05, 0.1) is 6.61 Å². The Bertz CT molecular complexity index is 688. The van der Waals surface area contributed by atoms with Gasteiger partial charge in [-0.2, -0.15) is 0 Å². The quantitative estimate of drug-likeness (QED) is 0.0393. The lowest BCUT2D eigenvalue weighted by atomic mass is 10.0. The molecule has 0 aliphatic carbocycles. The van der Waals surface area contributed by atoms with Crippen LogP contribution in [0, 0.1) is 0 Å². The van der Waals surface area contributed by atoms with Gasteiger partial charge in [-0.05, 0) is 38.5 Å². The Balaban J connectivity index is 3.14. The number of unbranched alkanes of at least 4 members (excludes halogenated alkanes) is 34. The number of carbonyl (C=O) groups is 2. The van der Waals surface area contributed by atoms with E-state index in [0.29, 0.717) is 19.4 Å². The summed E-state index contributed by atoms with van der Waals surface area (Å²) >= 11 is 0. The van der Waals surface area contributed by atoms with Crippen molar-refractivity contribution in [2.75, 3.05) is 6.61 Å². The molecular formula is C45H86O4. The third-order valence-electron chi connectivity index (χ3n) is 10.2. The molecule has 0 bridgehead atoms. The van der Waals surface area contributed by atoms with Gasteiger partial charge in [-0.15, -0.1) is 0 Å². The third kappa shape index (κ3) is 44.7. The molecule has 0 rings (SSSR count). The molecule has 0 spiro atoms.